The largest absolute Gasteiger partial charge is 0.319 e. The number of hydrogen-bond acceptors (Lipinski definition) is 1. The van der Waals surface area contributed by atoms with Crippen LogP contribution in [0.1, 0.15) is 21.6 Å². The molecule has 2 aromatic heterocycles. The van der Waals surface area contributed by atoms with E-state index in [1.807, 2.05) is 42.5 Å². The van der Waals surface area contributed by atoms with Crippen molar-refractivity contribution in [3.8, 4) is 0 Å². The lowest BCUT2D eigenvalue weighted by Crippen LogP contribution is -2.07. The van der Waals surface area contributed by atoms with Crippen molar-refractivity contribution in [1.29, 1.82) is 0 Å². The van der Waals surface area contributed by atoms with Crippen molar-refractivity contribution in [3.05, 3.63) is 113 Å². The second-order valence-electron chi connectivity index (χ2n) is 6.89. The van der Waals surface area contributed by atoms with Gasteiger partial charge in [0.2, 0.25) is 11.6 Å². The number of fused-ring (bicyclic) bond motifs is 3. The first-order valence-corrected chi connectivity index (χ1v) is 9.27. The number of benzene rings is 3. The van der Waals surface area contributed by atoms with Crippen LogP contribution >= 0.6 is 0 Å². The van der Waals surface area contributed by atoms with Crippen molar-refractivity contribution >= 4 is 22.5 Å². The fourth-order valence-corrected chi connectivity index (χ4v) is 3.83. The summed E-state index contributed by atoms with van der Waals surface area (Å²) < 4.78 is 33.2. The number of aromatic nitrogens is 2. The molecular weight excluding hydrogens is 370 g/mol. The van der Waals surface area contributed by atoms with Crippen molar-refractivity contribution < 1.29 is 13.6 Å². The van der Waals surface area contributed by atoms with Gasteiger partial charge in [0.1, 0.15) is 5.69 Å². The Morgan fingerprint density at radius 2 is 1.31 bits per heavy atom. The molecule has 5 aromatic rings. The molecular formula is C24H16F2N2O. The number of rotatable bonds is 4. The molecule has 0 aliphatic heterocycles. The van der Waals surface area contributed by atoms with Gasteiger partial charge >= 0.3 is 0 Å². The van der Waals surface area contributed by atoms with Crippen LogP contribution in [0.15, 0.2) is 84.9 Å². The Morgan fingerprint density at radius 3 is 2.00 bits per heavy atom. The first-order chi connectivity index (χ1) is 14.2. The zero-order valence-corrected chi connectivity index (χ0v) is 15.3. The Bertz CT molecular complexity index is 1350. The lowest BCUT2D eigenvalue weighted by atomic mass is 10.1. The highest BCUT2D eigenvalue weighted by Crippen LogP contribution is 2.31. The Labute approximate surface area is 165 Å². The second-order valence-corrected chi connectivity index (χ2v) is 6.89. The van der Waals surface area contributed by atoms with Crippen molar-refractivity contribution in [3.63, 3.8) is 0 Å². The minimum absolute atomic E-state index is 0.0480. The molecule has 0 N–H and O–H groups in total. The zero-order chi connectivity index (χ0) is 20.0. The van der Waals surface area contributed by atoms with Crippen LogP contribution in [0.25, 0.3) is 16.7 Å². The van der Waals surface area contributed by atoms with Gasteiger partial charge in [-0.25, -0.2) is 4.39 Å². The van der Waals surface area contributed by atoms with E-state index in [0.29, 0.717) is 17.6 Å². The zero-order valence-electron chi connectivity index (χ0n) is 15.3. The normalized spacial score (nSPS) is 11.4. The Kier molecular flexibility index (Phi) is 4.02. The summed E-state index contributed by atoms with van der Waals surface area (Å²) >= 11 is 0. The molecule has 2 heterocycles. The maximum atomic E-state index is 15.1. The molecule has 0 saturated heterocycles. The van der Waals surface area contributed by atoms with Crippen molar-refractivity contribution in [2.45, 2.75) is 6.54 Å². The first kappa shape index (κ1) is 17.4. The summed E-state index contributed by atoms with van der Waals surface area (Å²) in [5.41, 5.74) is 2.34. The lowest BCUT2D eigenvalue weighted by molar-refractivity contribution is 0.102. The van der Waals surface area contributed by atoms with E-state index >= 15 is 8.78 Å². The first-order valence-electron chi connectivity index (χ1n) is 9.27. The smallest absolute Gasteiger partial charge is 0.212 e. The molecule has 0 radical (unpaired) electrons. The van der Waals surface area contributed by atoms with Crippen LogP contribution in [0.5, 0.6) is 0 Å². The van der Waals surface area contributed by atoms with Crippen molar-refractivity contribution in [2.24, 2.45) is 0 Å². The van der Waals surface area contributed by atoms with Gasteiger partial charge in [0.25, 0.3) is 0 Å². The molecule has 0 bridgehead atoms. The Morgan fingerprint density at radius 1 is 0.724 bits per heavy atom. The summed E-state index contributed by atoms with van der Waals surface area (Å²) in [6.07, 6.45) is 0. The molecule has 0 fully saturated rings. The third kappa shape index (κ3) is 2.66. The molecule has 0 aliphatic carbocycles. The highest BCUT2D eigenvalue weighted by atomic mass is 19.2. The van der Waals surface area contributed by atoms with Crippen LogP contribution < -0.4 is 0 Å². The molecule has 142 valence electrons. The number of nitrogens with zero attached hydrogens (tertiary/aromatic N) is 2. The fraction of sp³-hybridized carbons (Fsp3) is 0.0417. The number of halogens is 2. The van der Waals surface area contributed by atoms with E-state index in [1.54, 1.807) is 47.0 Å². The van der Waals surface area contributed by atoms with E-state index in [1.165, 1.54) is 4.40 Å². The van der Waals surface area contributed by atoms with Gasteiger partial charge in [-0.15, -0.1) is 0 Å². The van der Waals surface area contributed by atoms with Gasteiger partial charge in [-0.05, 0) is 17.7 Å². The number of carbonyl (C=O) groups excluding carboxylic acids is 1. The number of hydrogen-bond donors (Lipinski definition) is 0. The third-order valence-electron chi connectivity index (χ3n) is 5.14. The molecule has 3 aromatic carbocycles. The third-order valence-corrected chi connectivity index (χ3v) is 5.14. The van der Waals surface area contributed by atoms with E-state index in [4.69, 9.17) is 0 Å². The van der Waals surface area contributed by atoms with E-state index < -0.39 is 17.4 Å². The summed E-state index contributed by atoms with van der Waals surface area (Å²) in [7, 11) is 0. The molecule has 5 rings (SSSR count). The topological polar surface area (TPSA) is 26.4 Å². The van der Waals surface area contributed by atoms with Gasteiger partial charge in [0.15, 0.2) is 11.5 Å². The standard InChI is InChI=1S/C24H16F2N2O/c25-20-21(26)24-27(15-16-9-3-1-4-10-16)18-13-7-8-14-19(18)28(24)22(20)23(29)17-11-5-2-6-12-17/h1-14H,15H2. The predicted octanol–water partition coefficient (Wildman–Crippen LogP) is 5.45. The van der Waals surface area contributed by atoms with Gasteiger partial charge in [0, 0.05) is 12.1 Å². The molecule has 0 unspecified atom stereocenters. The monoisotopic (exact) mass is 386 g/mol. The molecule has 5 heteroatoms. The van der Waals surface area contributed by atoms with Gasteiger partial charge in [-0.2, -0.15) is 4.39 Å². The summed E-state index contributed by atoms with van der Waals surface area (Å²) in [5, 5.41) is 0. The lowest BCUT2D eigenvalue weighted by Gasteiger charge is -2.06. The average molecular weight is 386 g/mol. The van der Waals surface area contributed by atoms with Gasteiger partial charge < -0.3 is 4.57 Å². The number of imidazole rings is 1. The molecule has 0 spiro atoms. The van der Waals surface area contributed by atoms with E-state index in [-0.39, 0.29) is 11.3 Å². The molecule has 29 heavy (non-hydrogen) atoms. The Balaban J connectivity index is 1.82. The number of para-hydroxylation sites is 2. The summed E-state index contributed by atoms with van der Waals surface area (Å²) in [5.74, 6) is -2.69. The highest BCUT2D eigenvalue weighted by Gasteiger charge is 2.29. The summed E-state index contributed by atoms with van der Waals surface area (Å²) in [4.78, 5) is 13.1. The fourth-order valence-electron chi connectivity index (χ4n) is 3.83. The highest BCUT2D eigenvalue weighted by molar-refractivity contribution is 6.09. The summed E-state index contributed by atoms with van der Waals surface area (Å²) in [6.45, 7) is 0.358. The van der Waals surface area contributed by atoms with Crippen LogP contribution in [0, 0.1) is 11.6 Å². The van der Waals surface area contributed by atoms with Gasteiger partial charge in [0.05, 0.1) is 11.0 Å². The van der Waals surface area contributed by atoms with E-state index in [2.05, 4.69) is 0 Å². The molecule has 0 amide bonds. The van der Waals surface area contributed by atoms with E-state index in [0.717, 1.165) is 11.1 Å². The van der Waals surface area contributed by atoms with Gasteiger partial charge in [-0.3, -0.25) is 9.20 Å². The maximum absolute atomic E-state index is 15.1. The molecule has 0 aliphatic rings. The quantitative estimate of drug-likeness (QED) is 0.377. The second kappa shape index (κ2) is 6.71. The van der Waals surface area contributed by atoms with Crippen LogP contribution in [-0.4, -0.2) is 14.8 Å². The summed E-state index contributed by atoms with van der Waals surface area (Å²) in [6, 6.07) is 25.2. The SMILES string of the molecule is O=C(c1ccccc1)c1c(F)c(F)c2n(Cc3ccccc3)c3ccccc3n12. The molecule has 0 atom stereocenters. The number of carbonyl (C=O) groups is 1. The van der Waals surface area contributed by atoms with Crippen molar-refractivity contribution in [1.82, 2.24) is 8.97 Å². The average Bonchev–Trinajstić information content (AvgIpc) is 3.22. The Hall–Kier alpha value is -3.73. The van der Waals surface area contributed by atoms with Crippen LogP contribution in [0.4, 0.5) is 8.78 Å². The number of ketones is 1. The minimum atomic E-state index is -1.12. The van der Waals surface area contributed by atoms with E-state index in [9.17, 15) is 4.79 Å². The molecule has 0 saturated carbocycles. The minimum Gasteiger partial charge on any atom is -0.319 e. The maximum Gasteiger partial charge on any atom is 0.212 e. The predicted molar refractivity (Wildman–Crippen MR) is 108 cm³/mol. The van der Waals surface area contributed by atoms with Crippen LogP contribution in [-0.2, 0) is 6.54 Å². The van der Waals surface area contributed by atoms with Gasteiger partial charge in [-0.1, -0.05) is 72.8 Å². The van der Waals surface area contributed by atoms with Crippen LogP contribution in [0.3, 0.4) is 0 Å². The van der Waals surface area contributed by atoms with Crippen LogP contribution in [0.2, 0.25) is 0 Å². The molecule has 3 nitrogen and oxygen atoms in total. The van der Waals surface area contributed by atoms with Crippen molar-refractivity contribution in [2.75, 3.05) is 0 Å².